The van der Waals surface area contributed by atoms with Gasteiger partial charge in [-0.15, -0.1) is 0 Å². The van der Waals surface area contributed by atoms with Gasteiger partial charge in [0.1, 0.15) is 12.7 Å². The van der Waals surface area contributed by atoms with Gasteiger partial charge in [-0.05, 0) is 0 Å². The number of ketones is 1. The monoisotopic (exact) mass is 199 g/mol. The number of rotatable bonds is 4. The van der Waals surface area contributed by atoms with E-state index in [4.69, 9.17) is 5.11 Å². The molecule has 0 aliphatic heterocycles. The Kier molecular flexibility index (Phi) is 2.97. The second-order valence-corrected chi connectivity index (χ2v) is 3.66. The zero-order valence-electron chi connectivity index (χ0n) is 8.08. The minimum Gasteiger partial charge on any atom is -0.395 e. The molecule has 0 spiro atoms. The highest BCUT2D eigenvalue weighted by Gasteiger charge is 2.33. The first-order valence-electron chi connectivity index (χ1n) is 4.16. The summed E-state index contributed by atoms with van der Waals surface area (Å²) in [6, 6.07) is 0. The topological polar surface area (TPSA) is 88.2 Å². The molecule has 0 saturated carbocycles. The molecular weight excluding hydrogens is 186 g/mol. The third kappa shape index (κ3) is 1.97. The standard InChI is InChI=1S/C8H13N3O3/c1-8(2,3-12)6(13)7(14)11-5-9-4-10-11/h4-5,7,12,14H,3H2,1-2H3. The SMILES string of the molecule is CC(C)(CO)C(=O)C(O)n1cncn1. The molecule has 1 rings (SSSR count). The Hall–Kier alpha value is -1.27. The molecular formula is C8H13N3O3. The van der Waals surface area contributed by atoms with Crippen LogP contribution in [0.5, 0.6) is 0 Å². The second kappa shape index (κ2) is 3.85. The summed E-state index contributed by atoms with van der Waals surface area (Å²) in [5, 5.41) is 22.1. The number of aromatic nitrogens is 3. The molecule has 1 unspecified atom stereocenters. The van der Waals surface area contributed by atoms with E-state index >= 15 is 0 Å². The lowest BCUT2D eigenvalue weighted by molar-refractivity contribution is -0.143. The number of Topliss-reactive ketones (excluding diaryl/α,β-unsaturated/α-hetero) is 1. The molecule has 2 N–H and O–H groups in total. The maximum Gasteiger partial charge on any atom is 0.209 e. The van der Waals surface area contributed by atoms with E-state index in [0.29, 0.717) is 0 Å². The molecule has 1 heterocycles. The van der Waals surface area contributed by atoms with Crippen LogP contribution < -0.4 is 0 Å². The highest BCUT2D eigenvalue weighted by molar-refractivity contribution is 5.86. The van der Waals surface area contributed by atoms with Crippen molar-refractivity contribution in [2.45, 2.75) is 20.1 Å². The molecule has 1 aromatic rings. The van der Waals surface area contributed by atoms with Gasteiger partial charge in [-0.2, -0.15) is 5.10 Å². The van der Waals surface area contributed by atoms with E-state index in [1.807, 2.05) is 0 Å². The quantitative estimate of drug-likeness (QED) is 0.673. The Labute approximate surface area is 81.2 Å². The van der Waals surface area contributed by atoms with Crippen LogP contribution in [0.1, 0.15) is 20.1 Å². The first kappa shape index (κ1) is 10.8. The molecule has 0 amide bonds. The van der Waals surface area contributed by atoms with Crippen molar-refractivity contribution in [2.75, 3.05) is 6.61 Å². The first-order valence-corrected chi connectivity index (χ1v) is 4.16. The largest absolute Gasteiger partial charge is 0.395 e. The highest BCUT2D eigenvalue weighted by Crippen LogP contribution is 2.21. The molecule has 0 aliphatic carbocycles. The van der Waals surface area contributed by atoms with Crippen molar-refractivity contribution >= 4 is 5.78 Å². The Balaban J connectivity index is 2.81. The molecule has 0 bridgehead atoms. The van der Waals surface area contributed by atoms with Crippen molar-refractivity contribution in [2.24, 2.45) is 5.41 Å². The zero-order valence-corrected chi connectivity index (χ0v) is 8.08. The Morgan fingerprint density at radius 2 is 2.29 bits per heavy atom. The Bertz CT molecular complexity index is 308. The van der Waals surface area contributed by atoms with Crippen molar-refractivity contribution in [3.05, 3.63) is 12.7 Å². The summed E-state index contributed by atoms with van der Waals surface area (Å²) in [5.74, 6) is -0.495. The van der Waals surface area contributed by atoms with Crippen LogP contribution in [-0.2, 0) is 4.79 Å². The maximum absolute atomic E-state index is 11.6. The van der Waals surface area contributed by atoms with Crippen molar-refractivity contribution in [1.29, 1.82) is 0 Å². The average molecular weight is 199 g/mol. The predicted molar refractivity (Wildman–Crippen MR) is 47.2 cm³/mol. The number of carbonyl (C=O) groups is 1. The van der Waals surface area contributed by atoms with Gasteiger partial charge in [0.15, 0.2) is 5.78 Å². The van der Waals surface area contributed by atoms with E-state index in [-0.39, 0.29) is 6.61 Å². The van der Waals surface area contributed by atoms with Crippen molar-refractivity contribution in [3.63, 3.8) is 0 Å². The minimum atomic E-state index is -1.39. The lowest BCUT2D eigenvalue weighted by atomic mass is 9.88. The van der Waals surface area contributed by atoms with Gasteiger partial charge in [0.05, 0.1) is 12.0 Å². The summed E-state index contributed by atoms with van der Waals surface area (Å²) in [6.45, 7) is 2.78. The predicted octanol–water partition coefficient (Wildman–Crippen LogP) is -0.643. The van der Waals surface area contributed by atoms with Crippen molar-refractivity contribution in [3.8, 4) is 0 Å². The fourth-order valence-corrected chi connectivity index (χ4v) is 0.891. The zero-order chi connectivity index (χ0) is 10.8. The van der Waals surface area contributed by atoms with Crippen LogP contribution >= 0.6 is 0 Å². The average Bonchev–Trinajstić information content (AvgIpc) is 2.68. The second-order valence-electron chi connectivity index (χ2n) is 3.66. The summed E-state index contributed by atoms with van der Waals surface area (Å²) >= 11 is 0. The number of aliphatic hydroxyl groups is 2. The van der Waals surface area contributed by atoms with Gasteiger partial charge in [-0.1, -0.05) is 13.8 Å². The molecule has 1 atom stereocenters. The van der Waals surface area contributed by atoms with Crippen LogP contribution in [0.2, 0.25) is 0 Å². The smallest absolute Gasteiger partial charge is 0.209 e. The molecule has 0 aliphatic rings. The summed E-state index contributed by atoms with van der Waals surface area (Å²) in [5.41, 5.74) is -0.981. The number of aliphatic hydroxyl groups excluding tert-OH is 2. The van der Waals surface area contributed by atoms with Gasteiger partial charge in [0.25, 0.3) is 0 Å². The Morgan fingerprint density at radius 3 is 2.71 bits per heavy atom. The molecule has 0 fully saturated rings. The minimum absolute atomic E-state index is 0.322. The lowest BCUT2D eigenvalue weighted by Crippen LogP contribution is -2.35. The Morgan fingerprint density at radius 1 is 1.64 bits per heavy atom. The molecule has 78 valence electrons. The molecule has 1 aromatic heterocycles. The third-order valence-corrected chi connectivity index (χ3v) is 1.98. The van der Waals surface area contributed by atoms with Crippen LogP contribution in [0, 0.1) is 5.41 Å². The van der Waals surface area contributed by atoms with E-state index in [1.165, 1.54) is 12.7 Å². The van der Waals surface area contributed by atoms with E-state index in [1.54, 1.807) is 13.8 Å². The summed E-state index contributed by atoms with van der Waals surface area (Å²) < 4.78 is 1.04. The number of carbonyl (C=O) groups excluding carboxylic acids is 1. The van der Waals surface area contributed by atoms with E-state index < -0.39 is 17.4 Å². The van der Waals surface area contributed by atoms with Crippen LogP contribution in [0.3, 0.4) is 0 Å². The van der Waals surface area contributed by atoms with Gasteiger partial charge in [-0.3, -0.25) is 4.79 Å². The van der Waals surface area contributed by atoms with Gasteiger partial charge in [0.2, 0.25) is 6.23 Å². The molecule has 0 saturated heterocycles. The maximum atomic E-state index is 11.6. The van der Waals surface area contributed by atoms with Crippen LogP contribution in [0.4, 0.5) is 0 Å². The normalized spacial score (nSPS) is 14.0. The van der Waals surface area contributed by atoms with Gasteiger partial charge < -0.3 is 10.2 Å². The molecule has 14 heavy (non-hydrogen) atoms. The molecule has 6 heteroatoms. The first-order chi connectivity index (χ1) is 6.49. The van der Waals surface area contributed by atoms with Gasteiger partial charge >= 0.3 is 0 Å². The molecule has 6 nitrogen and oxygen atoms in total. The number of hydrogen-bond donors (Lipinski definition) is 2. The van der Waals surface area contributed by atoms with Crippen LogP contribution in [0.25, 0.3) is 0 Å². The van der Waals surface area contributed by atoms with Gasteiger partial charge in [0, 0.05) is 0 Å². The van der Waals surface area contributed by atoms with Crippen LogP contribution in [-0.4, -0.2) is 37.4 Å². The van der Waals surface area contributed by atoms with Crippen LogP contribution in [0.15, 0.2) is 12.7 Å². The fourth-order valence-electron chi connectivity index (χ4n) is 0.891. The summed E-state index contributed by atoms with van der Waals surface area (Å²) in [4.78, 5) is 15.2. The highest BCUT2D eigenvalue weighted by atomic mass is 16.3. The van der Waals surface area contributed by atoms with Crippen molar-refractivity contribution in [1.82, 2.24) is 14.8 Å². The third-order valence-electron chi connectivity index (χ3n) is 1.98. The number of nitrogens with zero attached hydrogens (tertiary/aromatic N) is 3. The fraction of sp³-hybridized carbons (Fsp3) is 0.625. The number of hydrogen-bond acceptors (Lipinski definition) is 5. The van der Waals surface area contributed by atoms with Gasteiger partial charge in [-0.25, -0.2) is 9.67 Å². The lowest BCUT2D eigenvalue weighted by Gasteiger charge is -2.22. The summed E-state index contributed by atoms with van der Waals surface area (Å²) in [7, 11) is 0. The van der Waals surface area contributed by atoms with E-state index in [9.17, 15) is 9.90 Å². The van der Waals surface area contributed by atoms with E-state index in [0.717, 1.165) is 4.68 Å². The molecule has 0 radical (unpaired) electrons. The van der Waals surface area contributed by atoms with E-state index in [2.05, 4.69) is 10.1 Å². The molecule has 0 aromatic carbocycles. The van der Waals surface area contributed by atoms with Crippen molar-refractivity contribution < 1.29 is 15.0 Å². The summed E-state index contributed by atoms with van der Waals surface area (Å²) in [6.07, 6.45) is 1.08.